The van der Waals surface area contributed by atoms with Crippen molar-refractivity contribution in [3.05, 3.63) is 77.2 Å². The Hall–Kier alpha value is -3.02. The van der Waals surface area contributed by atoms with E-state index in [0.29, 0.717) is 30.3 Å². The highest BCUT2D eigenvalue weighted by Crippen LogP contribution is 2.35. The van der Waals surface area contributed by atoms with E-state index in [0.717, 1.165) is 11.1 Å². The van der Waals surface area contributed by atoms with Gasteiger partial charge >= 0.3 is 0 Å². The van der Waals surface area contributed by atoms with Crippen LogP contribution in [0.2, 0.25) is 0 Å². The summed E-state index contributed by atoms with van der Waals surface area (Å²) in [6.07, 6.45) is 1.11. The molecule has 0 amide bonds. The van der Waals surface area contributed by atoms with Crippen LogP contribution >= 0.6 is 0 Å². The van der Waals surface area contributed by atoms with Crippen molar-refractivity contribution < 1.29 is 18.4 Å². The Bertz CT molecular complexity index is 905. The van der Waals surface area contributed by atoms with E-state index in [9.17, 15) is 9.18 Å². The number of nitrogens with zero attached hydrogens (tertiary/aromatic N) is 2. The predicted molar refractivity (Wildman–Crippen MR) is 86.9 cm³/mol. The van der Waals surface area contributed by atoms with E-state index in [1.54, 1.807) is 12.1 Å². The molecule has 0 unspecified atom stereocenters. The normalized spacial score (nSPS) is 16.5. The van der Waals surface area contributed by atoms with Crippen LogP contribution in [0.15, 0.2) is 53.1 Å². The number of ether oxygens (including phenoxy) is 1. The number of rotatable bonds is 4. The number of hydrogen-bond acceptors (Lipinski definition) is 5. The van der Waals surface area contributed by atoms with Crippen LogP contribution in [0.1, 0.15) is 46.4 Å². The summed E-state index contributed by atoms with van der Waals surface area (Å²) in [5.74, 6) is 1.17. The molecule has 0 N–H and O–H groups in total. The van der Waals surface area contributed by atoms with Gasteiger partial charge in [0.1, 0.15) is 11.6 Å². The van der Waals surface area contributed by atoms with Crippen molar-refractivity contribution >= 4 is 5.78 Å². The second kappa shape index (κ2) is 6.47. The molecule has 0 fully saturated rings. The molecule has 1 heterocycles. The lowest BCUT2D eigenvalue weighted by Crippen LogP contribution is -2.16. The summed E-state index contributed by atoms with van der Waals surface area (Å²) >= 11 is 0. The number of carbonyl (C=O) groups excluding carboxylic acids is 1. The van der Waals surface area contributed by atoms with Crippen molar-refractivity contribution in [1.29, 1.82) is 0 Å². The zero-order valence-electron chi connectivity index (χ0n) is 13.3. The number of aromatic nitrogens is 2. The Morgan fingerprint density at radius 2 is 1.96 bits per heavy atom. The topological polar surface area (TPSA) is 65.2 Å². The van der Waals surface area contributed by atoms with Gasteiger partial charge in [-0.25, -0.2) is 4.39 Å². The van der Waals surface area contributed by atoms with Gasteiger partial charge in [0, 0.05) is 12.0 Å². The Morgan fingerprint density at radius 1 is 1.16 bits per heavy atom. The van der Waals surface area contributed by atoms with Gasteiger partial charge in [0.15, 0.2) is 12.4 Å². The van der Waals surface area contributed by atoms with Gasteiger partial charge in [-0.05, 0) is 36.2 Å². The molecule has 4 rings (SSSR count). The maximum atomic E-state index is 12.9. The maximum Gasteiger partial charge on any atom is 0.234 e. The van der Waals surface area contributed by atoms with E-state index in [1.807, 2.05) is 24.3 Å². The summed E-state index contributed by atoms with van der Waals surface area (Å²) in [5, 5.41) is 3.95. The molecule has 0 aliphatic heterocycles. The summed E-state index contributed by atoms with van der Waals surface area (Å²) in [4.78, 5) is 16.4. The fraction of sp³-hybridized carbons (Fsp3) is 0.211. The van der Waals surface area contributed by atoms with Crippen LogP contribution in [0.25, 0.3) is 0 Å². The maximum absolute atomic E-state index is 12.9. The van der Waals surface area contributed by atoms with Crippen LogP contribution in [0.5, 0.6) is 5.75 Å². The van der Waals surface area contributed by atoms with Crippen LogP contribution in [-0.2, 0) is 6.61 Å². The zero-order valence-corrected chi connectivity index (χ0v) is 13.3. The third kappa shape index (κ3) is 3.15. The van der Waals surface area contributed by atoms with Gasteiger partial charge in [0.2, 0.25) is 11.7 Å². The Balaban J connectivity index is 1.51. The van der Waals surface area contributed by atoms with Gasteiger partial charge in [0.25, 0.3) is 0 Å². The highest BCUT2D eigenvalue weighted by molar-refractivity contribution is 5.98. The van der Waals surface area contributed by atoms with E-state index >= 15 is 0 Å². The molecule has 0 saturated heterocycles. The van der Waals surface area contributed by atoms with E-state index in [4.69, 9.17) is 9.26 Å². The number of ketones is 1. The SMILES string of the molecule is O=C1CC[C@@H](c2nc(COc3ccc(F)cc3)no2)c2ccccc21. The van der Waals surface area contributed by atoms with Crippen molar-refractivity contribution in [2.45, 2.75) is 25.4 Å². The van der Waals surface area contributed by atoms with E-state index < -0.39 is 0 Å². The number of halogens is 1. The molecule has 126 valence electrons. The van der Waals surface area contributed by atoms with Crippen LogP contribution in [0.4, 0.5) is 4.39 Å². The number of carbonyl (C=O) groups is 1. The lowest BCUT2D eigenvalue weighted by atomic mass is 9.82. The standard InChI is InChI=1S/C19H15FN2O3/c20-12-5-7-13(8-6-12)24-11-18-21-19(25-22-18)16-9-10-17(23)15-4-2-1-3-14(15)16/h1-8,16H,9-11H2/t16-/m1/s1. The average molecular weight is 338 g/mol. The van der Waals surface area contributed by atoms with Gasteiger partial charge in [-0.15, -0.1) is 0 Å². The number of Topliss-reactive ketones (excluding diaryl/α,β-unsaturated/α-hetero) is 1. The van der Waals surface area contributed by atoms with Crippen LogP contribution in [0.3, 0.4) is 0 Å². The first-order valence-corrected chi connectivity index (χ1v) is 8.03. The first kappa shape index (κ1) is 15.5. The van der Waals surface area contributed by atoms with Crippen molar-refractivity contribution in [2.24, 2.45) is 0 Å². The smallest absolute Gasteiger partial charge is 0.234 e. The summed E-state index contributed by atoms with van der Waals surface area (Å²) in [7, 11) is 0. The zero-order chi connectivity index (χ0) is 17.2. The summed E-state index contributed by atoms with van der Waals surface area (Å²) in [6, 6.07) is 13.3. The number of benzene rings is 2. The molecule has 0 spiro atoms. The van der Waals surface area contributed by atoms with Crippen molar-refractivity contribution in [3.8, 4) is 5.75 Å². The molecule has 25 heavy (non-hydrogen) atoms. The van der Waals surface area contributed by atoms with Gasteiger partial charge in [0.05, 0.1) is 5.92 Å². The third-order valence-corrected chi connectivity index (χ3v) is 4.26. The quantitative estimate of drug-likeness (QED) is 0.722. The first-order valence-electron chi connectivity index (χ1n) is 8.03. The van der Waals surface area contributed by atoms with Gasteiger partial charge < -0.3 is 9.26 Å². The minimum atomic E-state index is -0.320. The molecule has 0 bridgehead atoms. The monoisotopic (exact) mass is 338 g/mol. The van der Waals surface area contributed by atoms with E-state index in [-0.39, 0.29) is 24.1 Å². The minimum absolute atomic E-state index is 0.0824. The summed E-state index contributed by atoms with van der Waals surface area (Å²) in [5.41, 5.74) is 1.65. The molecule has 1 aliphatic rings. The fourth-order valence-corrected chi connectivity index (χ4v) is 3.02. The van der Waals surface area contributed by atoms with Gasteiger partial charge in [-0.2, -0.15) is 4.98 Å². The molecular weight excluding hydrogens is 323 g/mol. The fourth-order valence-electron chi connectivity index (χ4n) is 3.02. The van der Waals surface area contributed by atoms with Crippen LogP contribution < -0.4 is 4.74 Å². The molecule has 1 aliphatic carbocycles. The average Bonchev–Trinajstić information content (AvgIpc) is 3.11. The summed E-state index contributed by atoms with van der Waals surface area (Å²) < 4.78 is 23.8. The first-order chi connectivity index (χ1) is 12.2. The molecule has 0 saturated carbocycles. The summed E-state index contributed by atoms with van der Waals surface area (Å²) in [6.45, 7) is 0.127. The van der Waals surface area contributed by atoms with Crippen molar-refractivity contribution in [1.82, 2.24) is 10.1 Å². The molecule has 6 heteroatoms. The lowest BCUT2D eigenvalue weighted by Gasteiger charge is -2.21. The van der Waals surface area contributed by atoms with Crippen molar-refractivity contribution in [2.75, 3.05) is 0 Å². The number of fused-ring (bicyclic) bond motifs is 1. The van der Waals surface area contributed by atoms with E-state index in [1.165, 1.54) is 12.1 Å². The Labute approximate surface area is 143 Å². The van der Waals surface area contributed by atoms with E-state index in [2.05, 4.69) is 10.1 Å². The highest BCUT2D eigenvalue weighted by Gasteiger charge is 2.30. The highest BCUT2D eigenvalue weighted by atomic mass is 19.1. The Kier molecular flexibility index (Phi) is 4.01. The second-order valence-electron chi connectivity index (χ2n) is 5.89. The minimum Gasteiger partial charge on any atom is -0.485 e. The van der Waals surface area contributed by atoms with Gasteiger partial charge in [-0.1, -0.05) is 29.4 Å². The van der Waals surface area contributed by atoms with Crippen LogP contribution in [-0.4, -0.2) is 15.9 Å². The molecule has 1 aromatic heterocycles. The molecule has 5 nitrogen and oxygen atoms in total. The van der Waals surface area contributed by atoms with Crippen LogP contribution in [0, 0.1) is 5.82 Å². The van der Waals surface area contributed by atoms with Crippen molar-refractivity contribution in [3.63, 3.8) is 0 Å². The number of hydrogen-bond donors (Lipinski definition) is 0. The Morgan fingerprint density at radius 3 is 2.80 bits per heavy atom. The predicted octanol–water partition coefficient (Wildman–Crippen LogP) is 3.90. The van der Waals surface area contributed by atoms with Gasteiger partial charge in [-0.3, -0.25) is 4.79 Å². The molecule has 1 atom stereocenters. The lowest BCUT2D eigenvalue weighted by molar-refractivity contribution is 0.0967. The molecule has 0 radical (unpaired) electrons. The largest absolute Gasteiger partial charge is 0.485 e. The molecule has 3 aromatic rings. The third-order valence-electron chi connectivity index (χ3n) is 4.26. The molecule has 2 aromatic carbocycles. The second-order valence-corrected chi connectivity index (χ2v) is 5.89. The molecular formula is C19H15FN2O3.